The van der Waals surface area contributed by atoms with E-state index in [9.17, 15) is 24.6 Å². The molecule has 0 fully saturated rings. The normalized spacial score (nSPS) is 11.0. The molecule has 65 heavy (non-hydrogen) atoms. The summed E-state index contributed by atoms with van der Waals surface area (Å²) in [6.07, 6.45) is 0. The molecule has 0 amide bonds. The summed E-state index contributed by atoms with van der Waals surface area (Å²) in [6.45, 7) is 4.21. The molecule has 0 aliphatic carbocycles. The Morgan fingerprint density at radius 3 is 1.32 bits per heavy atom. The Balaban J connectivity index is 0.836. The summed E-state index contributed by atoms with van der Waals surface area (Å²) in [4.78, 5) is 47.9. The van der Waals surface area contributed by atoms with E-state index in [0.717, 1.165) is 27.8 Å². The number of carboxylic acid groups (broad SMARTS) is 2. The van der Waals surface area contributed by atoms with Crippen LogP contribution in [0.25, 0.3) is 22.3 Å². The van der Waals surface area contributed by atoms with E-state index < -0.39 is 17.9 Å². The van der Waals surface area contributed by atoms with Crippen molar-refractivity contribution in [2.24, 2.45) is 0 Å². The van der Waals surface area contributed by atoms with Crippen LogP contribution in [-0.4, -0.2) is 28.1 Å². The predicted molar refractivity (Wildman–Crippen MR) is 246 cm³/mol. The predicted octanol–water partition coefficient (Wildman–Crippen LogP) is 13.1. The quantitative estimate of drug-likeness (QED) is 0.0418. The Morgan fingerprint density at radius 1 is 0.431 bits per heavy atom. The van der Waals surface area contributed by atoms with Crippen LogP contribution in [0, 0.1) is 0 Å². The number of carboxylic acids is 2. The number of ether oxygens (including phenoxy) is 3. The first-order chi connectivity index (χ1) is 31.5. The average Bonchev–Trinajstić information content (AvgIpc) is 3.33. The molecule has 8 aromatic carbocycles. The van der Waals surface area contributed by atoms with Crippen LogP contribution in [0.3, 0.4) is 0 Å². The Hall–Kier alpha value is -8.47. The molecule has 0 aliphatic rings. The summed E-state index contributed by atoms with van der Waals surface area (Å²) in [5, 5.41) is 19.4. The van der Waals surface area contributed by atoms with Crippen molar-refractivity contribution in [1.82, 2.24) is 0 Å². The number of benzene rings is 8. The van der Waals surface area contributed by atoms with E-state index in [0.29, 0.717) is 39.9 Å². The van der Waals surface area contributed by atoms with Crippen LogP contribution in [0.5, 0.6) is 34.5 Å². The lowest BCUT2D eigenvalue weighted by atomic mass is 9.78. The highest BCUT2D eigenvalue weighted by Gasteiger charge is 2.24. The molecule has 2 N–H and O–H groups in total. The van der Waals surface area contributed by atoms with Crippen LogP contribution in [0.4, 0.5) is 0 Å². The van der Waals surface area contributed by atoms with E-state index in [-0.39, 0.29) is 34.5 Å². The lowest BCUT2D eigenvalue weighted by Crippen LogP contribution is -2.18. The lowest BCUT2D eigenvalue weighted by molar-refractivity contribution is -0.217. The largest absolute Gasteiger partial charge is 0.478 e. The molecular weight excluding hydrogens is 821 g/mol. The van der Waals surface area contributed by atoms with Gasteiger partial charge in [-0.3, -0.25) is 0 Å². The van der Waals surface area contributed by atoms with Gasteiger partial charge in [-0.05, 0) is 136 Å². The Labute approximate surface area is 375 Å². The first-order valence-electron chi connectivity index (χ1n) is 20.6. The van der Waals surface area contributed by atoms with E-state index in [1.165, 1.54) is 12.1 Å². The molecule has 0 aliphatic heterocycles. The van der Waals surface area contributed by atoms with Crippen molar-refractivity contribution >= 4 is 17.9 Å². The standard InChI is InChI=1S/C55H42O10/c1-55(2,41-15-19-43(20-16-41)62-45-23-25-47(26-24-45)64-54(60)51-34-39(14-32-50(51)53(58)59)37-11-7-4-8-12-37)42-17-21-44(22-18-42)63-46-27-29-48(30-28-46)65-61-35-40-33-38(13-31-49(40)52(56)57)36-9-5-3-6-10-36/h3-34H,35H2,1-2H3,(H,56,57)(H,58,59). The molecule has 0 heterocycles. The second kappa shape index (κ2) is 19.3. The second-order valence-electron chi connectivity index (χ2n) is 15.5. The molecule has 322 valence electrons. The van der Waals surface area contributed by atoms with E-state index in [1.54, 1.807) is 72.8 Å². The van der Waals surface area contributed by atoms with Gasteiger partial charge in [0.15, 0.2) is 5.75 Å². The third-order valence-electron chi connectivity index (χ3n) is 10.9. The fourth-order valence-corrected chi connectivity index (χ4v) is 7.22. The highest BCUT2D eigenvalue weighted by molar-refractivity contribution is 6.04. The zero-order chi connectivity index (χ0) is 45.3. The highest BCUT2D eigenvalue weighted by Crippen LogP contribution is 2.35. The number of esters is 1. The van der Waals surface area contributed by atoms with Crippen LogP contribution in [0.15, 0.2) is 194 Å². The van der Waals surface area contributed by atoms with Gasteiger partial charge in [0.05, 0.1) is 16.7 Å². The van der Waals surface area contributed by atoms with Gasteiger partial charge in [0.2, 0.25) is 0 Å². The maximum absolute atomic E-state index is 13.2. The lowest BCUT2D eigenvalue weighted by Gasteiger charge is -2.26. The van der Waals surface area contributed by atoms with Gasteiger partial charge in [-0.25, -0.2) is 14.4 Å². The molecular formula is C55H42O10. The summed E-state index contributed by atoms with van der Waals surface area (Å²) in [5.41, 5.74) is 5.61. The molecule has 0 saturated heterocycles. The molecule has 0 saturated carbocycles. The smallest absolute Gasteiger partial charge is 0.344 e. The van der Waals surface area contributed by atoms with Crippen molar-refractivity contribution in [3.05, 3.63) is 228 Å². The van der Waals surface area contributed by atoms with Crippen LogP contribution in [0.2, 0.25) is 0 Å². The number of aromatic carboxylic acids is 2. The van der Waals surface area contributed by atoms with E-state index >= 15 is 0 Å². The fourth-order valence-electron chi connectivity index (χ4n) is 7.22. The van der Waals surface area contributed by atoms with Gasteiger partial charge in [-0.1, -0.05) is 111 Å². The molecule has 0 bridgehead atoms. The van der Waals surface area contributed by atoms with Crippen molar-refractivity contribution < 1.29 is 48.6 Å². The third-order valence-corrected chi connectivity index (χ3v) is 10.9. The molecule has 0 atom stereocenters. The summed E-state index contributed by atoms with van der Waals surface area (Å²) in [6, 6.07) is 58.0. The van der Waals surface area contributed by atoms with Gasteiger partial charge in [-0.2, -0.15) is 4.89 Å². The molecule has 0 unspecified atom stereocenters. The number of hydrogen-bond donors (Lipinski definition) is 2. The van der Waals surface area contributed by atoms with Gasteiger partial charge < -0.3 is 29.3 Å². The van der Waals surface area contributed by atoms with E-state index in [1.807, 2.05) is 109 Å². The summed E-state index contributed by atoms with van der Waals surface area (Å²) in [5.74, 6) is 0.00888. The van der Waals surface area contributed by atoms with E-state index in [4.69, 9.17) is 24.0 Å². The molecule has 0 radical (unpaired) electrons. The molecule has 10 nitrogen and oxygen atoms in total. The van der Waals surface area contributed by atoms with Crippen LogP contribution in [0.1, 0.15) is 61.6 Å². The van der Waals surface area contributed by atoms with Gasteiger partial charge >= 0.3 is 17.9 Å². The van der Waals surface area contributed by atoms with Crippen molar-refractivity contribution in [2.75, 3.05) is 0 Å². The number of carbonyl (C=O) groups is 3. The molecule has 0 spiro atoms. The maximum Gasteiger partial charge on any atom is 0.344 e. The monoisotopic (exact) mass is 862 g/mol. The van der Waals surface area contributed by atoms with Gasteiger partial charge in [0, 0.05) is 5.41 Å². The molecule has 8 rings (SSSR count). The van der Waals surface area contributed by atoms with Gasteiger partial charge in [0.25, 0.3) is 0 Å². The van der Waals surface area contributed by atoms with Crippen LogP contribution in [-0.2, 0) is 16.9 Å². The number of hydrogen-bond acceptors (Lipinski definition) is 8. The zero-order valence-electron chi connectivity index (χ0n) is 35.3. The zero-order valence-corrected chi connectivity index (χ0v) is 35.3. The molecule has 0 aromatic heterocycles. The SMILES string of the molecule is CC(C)(c1ccc(Oc2ccc(OOCc3cc(-c4ccccc4)ccc3C(=O)O)cc2)cc1)c1ccc(Oc2ccc(OC(=O)c3cc(-c4ccccc4)ccc3C(=O)O)cc2)cc1. The summed E-state index contributed by atoms with van der Waals surface area (Å²) >= 11 is 0. The van der Waals surface area contributed by atoms with Crippen molar-refractivity contribution in [3.8, 4) is 56.8 Å². The second-order valence-corrected chi connectivity index (χ2v) is 15.5. The minimum atomic E-state index is -1.22. The van der Waals surface area contributed by atoms with Crippen molar-refractivity contribution in [2.45, 2.75) is 25.9 Å². The van der Waals surface area contributed by atoms with Crippen LogP contribution < -0.4 is 19.1 Å². The van der Waals surface area contributed by atoms with Crippen LogP contribution >= 0.6 is 0 Å². The Bertz CT molecular complexity index is 2930. The third kappa shape index (κ3) is 10.4. The highest BCUT2D eigenvalue weighted by atomic mass is 17.2. The van der Waals surface area contributed by atoms with E-state index in [2.05, 4.69) is 13.8 Å². The average molecular weight is 863 g/mol. The summed E-state index contributed by atoms with van der Waals surface area (Å²) < 4.78 is 17.8. The fraction of sp³-hybridized carbons (Fsp3) is 0.0727. The molecule has 10 heteroatoms. The summed E-state index contributed by atoms with van der Waals surface area (Å²) in [7, 11) is 0. The minimum Gasteiger partial charge on any atom is -0.478 e. The molecule has 8 aromatic rings. The topological polar surface area (TPSA) is 138 Å². The van der Waals surface area contributed by atoms with Gasteiger partial charge in [-0.15, -0.1) is 0 Å². The Kier molecular flexibility index (Phi) is 12.8. The van der Waals surface area contributed by atoms with Gasteiger partial charge in [0.1, 0.15) is 35.4 Å². The Morgan fingerprint density at radius 2 is 0.846 bits per heavy atom. The maximum atomic E-state index is 13.2. The van der Waals surface area contributed by atoms with Crippen molar-refractivity contribution in [3.63, 3.8) is 0 Å². The number of carbonyl (C=O) groups excluding carboxylic acids is 1. The van der Waals surface area contributed by atoms with Crippen molar-refractivity contribution in [1.29, 1.82) is 0 Å². The minimum absolute atomic E-state index is 0.0492. The first-order valence-corrected chi connectivity index (χ1v) is 20.6. The first kappa shape index (κ1) is 43.2. The number of rotatable bonds is 16.